The number of carboxylic acid groups (broad SMARTS) is 1. The van der Waals surface area contributed by atoms with E-state index in [9.17, 15) is 9.90 Å². The van der Waals surface area contributed by atoms with Gasteiger partial charge in [-0.2, -0.15) is 0 Å². The molecule has 2 heterocycles. The van der Waals surface area contributed by atoms with E-state index < -0.39 is 5.97 Å². The average molecular weight is 369 g/mol. The van der Waals surface area contributed by atoms with Crippen LogP contribution in [0.4, 0.5) is 0 Å². The van der Waals surface area contributed by atoms with Crippen molar-refractivity contribution in [3.8, 4) is 22.5 Å². The fourth-order valence-corrected chi connectivity index (χ4v) is 3.89. The van der Waals surface area contributed by atoms with Crippen LogP contribution in [0.3, 0.4) is 0 Å². The first kappa shape index (κ1) is 15.9. The number of aryl methyl sites for hydroxylation is 1. The highest BCUT2D eigenvalue weighted by Crippen LogP contribution is 2.34. The third-order valence-corrected chi connectivity index (χ3v) is 5.48. The highest BCUT2D eigenvalue weighted by molar-refractivity contribution is 7.19. The molecule has 0 saturated carbocycles. The molecular formula is C19H13ClN2O2S. The Morgan fingerprint density at radius 3 is 2.60 bits per heavy atom. The van der Waals surface area contributed by atoms with Crippen LogP contribution in [0.25, 0.3) is 27.5 Å². The van der Waals surface area contributed by atoms with Gasteiger partial charge in [0.05, 0.1) is 11.4 Å². The Hall–Kier alpha value is -2.63. The van der Waals surface area contributed by atoms with Gasteiger partial charge in [-0.25, -0.2) is 9.78 Å². The monoisotopic (exact) mass is 368 g/mol. The van der Waals surface area contributed by atoms with Crippen molar-refractivity contribution in [2.24, 2.45) is 0 Å². The maximum atomic E-state index is 11.7. The number of halogens is 1. The number of hydrogen-bond acceptors (Lipinski definition) is 3. The summed E-state index contributed by atoms with van der Waals surface area (Å²) in [5.41, 5.74) is 4.22. The fraction of sp³-hybridized carbons (Fsp3) is 0.0526. The van der Waals surface area contributed by atoms with Crippen LogP contribution in [0.5, 0.6) is 0 Å². The molecule has 1 N–H and O–H groups in total. The van der Waals surface area contributed by atoms with Crippen LogP contribution in [0.15, 0.2) is 54.7 Å². The Bertz CT molecular complexity index is 1100. The number of rotatable bonds is 3. The predicted octanol–water partition coefficient (Wildman–Crippen LogP) is 5.39. The molecule has 4 rings (SSSR count). The van der Waals surface area contributed by atoms with Crippen LogP contribution >= 0.6 is 22.9 Å². The zero-order valence-electron chi connectivity index (χ0n) is 13.2. The van der Waals surface area contributed by atoms with Gasteiger partial charge >= 0.3 is 5.97 Å². The van der Waals surface area contributed by atoms with Gasteiger partial charge in [0.15, 0.2) is 4.96 Å². The lowest BCUT2D eigenvalue weighted by molar-refractivity contribution is 0.0702. The van der Waals surface area contributed by atoms with E-state index in [1.54, 1.807) is 0 Å². The van der Waals surface area contributed by atoms with Crippen molar-refractivity contribution in [2.75, 3.05) is 0 Å². The molecule has 4 aromatic rings. The molecule has 0 bridgehead atoms. The van der Waals surface area contributed by atoms with E-state index in [-0.39, 0.29) is 4.88 Å². The molecule has 2 aromatic heterocycles. The summed E-state index contributed by atoms with van der Waals surface area (Å²) in [6.45, 7) is 1.95. The molecule has 2 aromatic carbocycles. The van der Waals surface area contributed by atoms with Gasteiger partial charge in [0, 0.05) is 22.3 Å². The Morgan fingerprint density at radius 2 is 1.92 bits per heavy atom. The van der Waals surface area contributed by atoms with Gasteiger partial charge in [0.25, 0.3) is 0 Å². The minimum Gasteiger partial charge on any atom is -0.477 e. The van der Waals surface area contributed by atoms with Crippen molar-refractivity contribution in [1.82, 2.24) is 9.38 Å². The molecule has 0 amide bonds. The van der Waals surface area contributed by atoms with Crippen LogP contribution < -0.4 is 0 Å². The lowest BCUT2D eigenvalue weighted by atomic mass is 10.1. The first-order chi connectivity index (χ1) is 12.0. The van der Waals surface area contributed by atoms with E-state index in [1.807, 2.05) is 66.1 Å². The quantitative estimate of drug-likeness (QED) is 0.527. The summed E-state index contributed by atoms with van der Waals surface area (Å²) < 4.78 is 1.85. The summed E-state index contributed by atoms with van der Waals surface area (Å²) in [4.78, 5) is 17.2. The number of aromatic carboxylic acids is 1. The van der Waals surface area contributed by atoms with Crippen molar-refractivity contribution in [3.05, 3.63) is 70.2 Å². The minimum absolute atomic E-state index is 0.285. The zero-order valence-corrected chi connectivity index (χ0v) is 14.8. The van der Waals surface area contributed by atoms with Gasteiger partial charge < -0.3 is 5.11 Å². The SMILES string of the molecule is Cc1cc(-c2cn3c(-c4ccccc4)c(C(=O)O)sc3n2)ccc1Cl. The van der Waals surface area contributed by atoms with Gasteiger partial charge in [-0.05, 0) is 24.6 Å². The number of carboxylic acids is 1. The molecule has 0 aliphatic heterocycles. The lowest BCUT2D eigenvalue weighted by Gasteiger charge is -2.03. The van der Waals surface area contributed by atoms with E-state index in [0.29, 0.717) is 15.7 Å². The van der Waals surface area contributed by atoms with E-state index in [4.69, 9.17) is 11.6 Å². The van der Waals surface area contributed by atoms with E-state index in [1.165, 1.54) is 11.3 Å². The standard InChI is InChI=1S/C19H13ClN2O2S/c1-11-9-13(7-8-14(11)20)15-10-22-16(12-5-3-2-4-6-12)17(18(23)24)25-19(22)21-15/h2-10H,1H3,(H,23,24). The van der Waals surface area contributed by atoms with Crippen LogP contribution in [0, 0.1) is 6.92 Å². The smallest absolute Gasteiger partial charge is 0.348 e. The highest BCUT2D eigenvalue weighted by Gasteiger charge is 2.21. The Labute approximate surface area is 153 Å². The van der Waals surface area contributed by atoms with Crippen LogP contribution in [-0.2, 0) is 0 Å². The van der Waals surface area contributed by atoms with Crippen LogP contribution in [0.2, 0.25) is 5.02 Å². The molecule has 25 heavy (non-hydrogen) atoms. The average Bonchev–Trinajstić information content (AvgIpc) is 3.16. The Balaban J connectivity index is 1.93. The maximum absolute atomic E-state index is 11.7. The van der Waals surface area contributed by atoms with Crippen molar-refractivity contribution < 1.29 is 9.90 Å². The van der Waals surface area contributed by atoms with Crippen LogP contribution in [0.1, 0.15) is 15.2 Å². The Kier molecular flexibility index (Phi) is 3.82. The summed E-state index contributed by atoms with van der Waals surface area (Å²) >= 11 is 7.27. The largest absolute Gasteiger partial charge is 0.477 e. The van der Waals surface area contributed by atoms with Gasteiger partial charge in [-0.1, -0.05) is 59.3 Å². The number of nitrogens with zero attached hydrogens (tertiary/aromatic N) is 2. The lowest BCUT2D eigenvalue weighted by Crippen LogP contribution is -1.97. The highest BCUT2D eigenvalue weighted by atomic mass is 35.5. The number of carbonyl (C=O) groups is 1. The molecule has 0 spiro atoms. The van der Waals surface area contributed by atoms with E-state index in [2.05, 4.69) is 4.98 Å². The molecule has 124 valence electrons. The van der Waals surface area contributed by atoms with Crippen LogP contribution in [-0.4, -0.2) is 20.5 Å². The van der Waals surface area contributed by atoms with Gasteiger partial charge in [0.2, 0.25) is 0 Å². The fourth-order valence-electron chi connectivity index (χ4n) is 2.80. The summed E-state index contributed by atoms with van der Waals surface area (Å²) in [6.07, 6.45) is 1.88. The van der Waals surface area contributed by atoms with Crippen molar-refractivity contribution in [2.45, 2.75) is 6.92 Å². The molecule has 0 aliphatic carbocycles. The summed E-state index contributed by atoms with van der Waals surface area (Å²) in [7, 11) is 0. The van der Waals surface area contributed by atoms with Crippen molar-refractivity contribution >= 4 is 33.9 Å². The molecule has 0 fully saturated rings. The number of aromatic nitrogens is 2. The predicted molar refractivity (Wildman–Crippen MR) is 101 cm³/mol. The van der Waals surface area contributed by atoms with Gasteiger partial charge in [0.1, 0.15) is 4.88 Å². The second-order valence-corrected chi connectivity index (χ2v) is 7.08. The first-order valence-electron chi connectivity index (χ1n) is 7.61. The second kappa shape index (κ2) is 6.02. The number of benzene rings is 2. The summed E-state index contributed by atoms with van der Waals surface area (Å²) in [6, 6.07) is 15.2. The summed E-state index contributed by atoms with van der Waals surface area (Å²) in [5.74, 6) is -0.946. The van der Waals surface area contributed by atoms with Gasteiger partial charge in [-0.3, -0.25) is 4.40 Å². The maximum Gasteiger partial charge on any atom is 0.348 e. The molecule has 0 atom stereocenters. The van der Waals surface area contributed by atoms with Crippen molar-refractivity contribution in [3.63, 3.8) is 0 Å². The number of fused-ring (bicyclic) bond motifs is 1. The molecule has 0 radical (unpaired) electrons. The van der Waals surface area contributed by atoms with Gasteiger partial charge in [-0.15, -0.1) is 0 Å². The van der Waals surface area contributed by atoms with E-state index in [0.717, 1.165) is 22.4 Å². The molecule has 0 aliphatic rings. The number of imidazole rings is 1. The summed E-state index contributed by atoms with van der Waals surface area (Å²) in [5, 5.41) is 10.3. The minimum atomic E-state index is -0.946. The van der Waals surface area contributed by atoms with E-state index >= 15 is 0 Å². The zero-order chi connectivity index (χ0) is 17.6. The third-order valence-electron chi connectivity index (χ3n) is 4.02. The molecule has 0 unspecified atom stereocenters. The van der Waals surface area contributed by atoms with Crippen molar-refractivity contribution in [1.29, 1.82) is 0 Å². The topological polar surface area (TPSA) is 54.6 Å². The third kappa shape index (κ3) is 2.71. The molecule has 4 nitrogen and oxygen atoms in total. The molecule has 6 heteroatoms. The first-order valence-corrected chi connectivity index (χ1v) is 8.81. The normalized spacial score (nSPS) is 11.1. The number of hydrogen-bond donors (Lipinski definition) is 1. The molecular weight excluding hydrogens is 356 g/mol. The molecule has 0 saturated heterocycles. The number of thiazole rings is 1. The second-order valence-electron chi connectivity index (χ2n) is 5.69. The Morgan fingerprint density at radius 1 is 1.16 bits per heavy atom.